The number of nitrogens with zero attached hydrogens (tertiary/aromatic N) is 3. The maximum absolute atomic E-state index is 10.4. The Morgan fingerprint density at radius 3 is 2.61 bits per heavy atom. The van der Waals surface area contributed by atoms with E-state index in [0.717, 1.165) is 19.5 Å². The molecule has 0 bridgehead atoms. The van der Waals surface area contributed by atoms with Gasteiger partial charge >= 0.3 is 5.97 Å². The van der Waals surface area contributed by atoms with E-state index < -0.39 is 5.97 Å². The molecule has 1 aromatic heterocycles. The van der Waals surface area contributed by atoms with E-state index in [2.05, 4.69) is 25.5 Å². The van der Waals surface area contributed by atoms with Crippen molar-refractivity contribution in [1.29, 1.82) is 0 Å². The molecular formula is C11H19N5O2. The molecule has 18 heavy (non-hydrogen) atoms. The molecule has 0 unspecified atom stereocenters. The van der Waals surface area contributed by atoms with E-state index in [1.54, 1.807) is 6.07 Å². The molecule has 1 rings (SSSR count). The Balaban J connectivity index is 2.37. The zero-order valence-corrected chi connectivity index (χ0v) is 10.7. The van der Waals surface area contributed by atoms with Gasteiger partial charge in [-0.05, 0) is 27.1 Å². The number of hydrogen-bond donors (Lipinski definition) is 3. The molecule has 7 nitrogen and oxygen atoms in total. The second-order valence-electron chi connectivity index (χ2n) is 4.12. The van der Waals surface area contributed by atoms with Crippen LogP contribution in [0, 0.1) is 0 Å². The van der Waals surface area contributed by atoms with Crippen molar-refractivity contribution in [3.8, 4) is 0 Å². The number of carboxylic acids is 1. The molecule has 0 amide bonds. The topological polar surface area (TPSA) is 90.4 Å². The summed E-state index contributed by atoms with van der Waals surface area (Å²) >= 11 is 0. The summed E-state index contributed by atoms with van der Waals surface area (Å²) in [5.74, 6) is 0.272. The lowest BCUT2D eigenvalue weighted by atomic mass is 10.4. The van der Waals surface area contributed by atoms with Gasteiger partial charge in [-0.2, -0.15) is 0 Å². The monoisotopic (exact) mass is 253 g/mol. The largest absolute Gasteiger partial charge is 0.480 e. The molecule has 0 fully saturated rings. The van der Waals surface area contributed by atoms with Gasteiger partial charge in [0, 0.05) is 12.6 Å². The maximum Gasteiger partial charge on any atom is 0.322 e. The molecule has 1 aromatic rings. The minimum atomic E-state index is -0.922. The van der Waals surface area contributed by atoms with E-state index in [-0.39, 0.29) is 6.54 Å². The van der Waals surface area contributed by atoms with Crippen LogP contribution >= 0.6 is 0 Å². The predicted molar refractivity (Wildman–Crippen MR) is 69.8 cm³/mol. The van der Waals surface area contributed by atoms with Crippen molar-refractivity contribution >= 4 is 17.6 Å². The van der Waals surface area contributed by atoms with Gasteiger partial charge < -0.3 is 20.6 Å². The zero-order valence-electron chi connectivity index (χ0n) is 10.7. The minimum absolute atomic E-state index is 0.156. The summed E-state index contributed by atoms with van der Waals surface area (Å²) in [6, 6.07) is 1.69. The third kappa shape index (κ3) is 6.00. The molecule has 0 aromatic carbocycles. The van der Waals surface area contributed by atoms with Crippen LogP contribution in [-0.4, -0.2) is 59.7 Å². The number of carbonyl (C=O) groups is 1. The lowest BCUT2D eigenvalue weighted by Crippen LogP contribution is -2.17. The van der Waals surface area contributed by atoms with E-state index in [4.69, 9.17) is 5.11 Å². The van der Waals surface area contributed by atoms with Gasteiger partial charge in [0.05, 0.1) is 0 Å². The zero-order chi connectivity index (χ0) is 13.4. The lowest BCUT2D eigenvalue weighted by Gasteiger charge is -2.10. The molecule has 0 radical (unpaired) electrons. The second-order valence-corrected chi connectivity index (χ2v) is 4.12. The van der Waals surface area contributed by atoms with Crippen molar-refractivity contribution in [3.05, 3.63) is 12.4 Å². The van der Waals surface area contributed by atoms with Gasteiger partial charge in [-0.25, -0.2) is 9.97 Å². The summed E-state index contributed by atoms with van der Waals surface area (Å²) in [5.41, 5.74) is 0. The number of hydrogen-bond acceptors (Lipinski definition) is 6. The van der Waals surface area contributed by atoms with Crippen molar-refractivity contribution in [3.63, 3.8) is 0 Å². The Morgan fingerprint density at radius 2 is 2.00 bits per heavy atom. The summed E-state index contributed by atoms with van der Waals surface area (Å²) < 4.78 is 0. The standard InChI is InChI=1S/C11H19N5O2/c1-16(2)5-3-4-12-9-6-10(15-8-14-9)13-7-11(17)18/h6,8H,3-5,7H2,1-2H3,(H,17,18)(H2,12,13,14,15). The SMILES string of the molecule is CN(C)CCCNc1cc(NCC(=O)O)ncn1. The molecule has 0 aliphatic carbocycles. The molecular weight excluding hydrogens is 234 g/mol. The van der Waals surface area contributed by atoms with Crippen molar-refractivity contribution in [1.82, 2.24) is 14.9 Å². The molecule has 0 saturated carbocycles. The molecule has 0 atom stereocenters. The fourth-order valence-electron chi connectivity index (χ4n) is 1.33. The van der Waals surface area contributed by atoms with Gasteiger partial charge in [0.25, 0.3) is 0 Å². The molecule has 3 N–H and O–H groups in total. The van der Waals surface area contributed by atoms with E-state index in [1.807, 2.05) is 14.1 Å². The first-order valence-electron chi connectivity index (χ1n) is 5.74. The van der Waals surface area contributed by atoms with E-state index >= 15 is 0 Å². The van der Waals surface area contributed by atoms with Crippen LogP contribution in [0.4, 0.5) is 11.6 Å². The highest BCUT2D eigenvalue weighted by molar-refractivity contribution is 5.72. The van der Waals surface area contributed by atoms with Crippen molar-refractivity contribution in [2.24, 2.45) is 0 Å². The third-order valence-corrected chi connectivity index (χ3v) is 2.18. The molecule has 7 heteroatoms. The molecule has 0 aliphatic rings. The first-order valence-corrected chi connectivity index (χ1v) is 5.74. The second kappa shape index (κ2) is 7.44. The average Bonchev–Trinajstić information content (AvgIpc) is 2.32. The van der Waals surface area contributed by atoms with E-state index in [9.17, 15) is 4.79 Å². The molecule has 0 spiro atoms. The highest BCUT2D eigenvalue weighted by Gasteiger charge is 2.00. The van der Waals surface area contributed by atoms with Crippen molar-refractivity contribution < 1.29 is 9.90 Å². The molecule has 0 saturated heterocycles. The molecule has 0 aliphatic heterocycles. The Bertz CT molecular complexity index is 383. The van der Waals surface area contributed by atoms with Crippen LogP contribution in [0.2, 0.25) is 0 Å². The van der Waals surface area contributed by atoms with Crippen LogP contribution in [-0.2, 0) is 4.79 Å². The number of aromatic nitrogens is 2. The number of rotatable bonds is 8. The highest BCUT2D eigenvalue weighted by Crippen LogP contribution is 2.07. The summed E-state index contributed by atoms with van der Waals surface area (Å²) in [6.45, 7) is 1.66. The number of anilines is 2. The Hall–Kier alpha value is -1.89. The van der Waals surface area contributed by atoms with Gasteiger partial charge in [-0.15, -0.1) is 0 Å². The number of carboxylic acid groups (broad SMARTS) is 1. The van der Waals surface area contributed by atoms with Gasteiger partial charge in [-0.1, -0.05) is 0 Å². The van der Waals surface area contributed by atoms with E-state index in [0.29, 0.717) is 11.6 Å². The minimum Gasteiger partial charge on any atom is -0.480 e. The fourth-order valence-corrected chi connectivity index (χ4v) is 1.33. The highest BCUT2D eigenvalue weighted by atomic mass is 16.4. The van der Waals surface area contributed by atoms with Crippen LogP contribution in [0.15, 0.2) is 12.4 Å². The first-order chi connectivity index (χ1) is 8.58. The fraction of sp³-hybridized carbons (Fsp3) is 0.545. The van der Waals surface area contributed by atoms with Crippen molar-refractivity contribution in [2.75, 3.05) is 44.4 Å². The third-order valence-electron chi connectivity index (χ3n) is 2.18. The molecule has 1 heterocycles. The van der Waals surface area contributed by atoms with Gasteiger partial charge in [-0.3, -0.25) is 4.79 Å². The van der Waals surface area contributed by atoms with Gasteiger partial charge in [0.1, 0.15) is 24.5 Å². The van der Waals surface area contributed by atoms with Gasteiger partial charge in [0.15, 0.2) is 0 Å². The lowest BCUT2D eigenvalue weighted by molar-refractivity contribution is -0.134. The normalized spacial score (nSPS) is 10.4. The van der Waals surface area contributed by atoms with E-state index in [1.165, 1.54) is 6.33 Å². The van der Waals surface area contributed by atoms with Crippen LogP contribution < -0.4 is 10.6 Å². The maximum atomic E-state index is 10.4. The van der Waals surface area contributed by atoms with Crippen LogP contribution in [0.25, 0.3) is 0 Å². The van der Waals surface area contributed by atoms with Gasteiger partial charge in [0.2, 0.25) is 0 Å². The van der Waals surface area contributed by atoms with Crippen molar-refractivity contribution in [2.45, 2.75) is 6.42 Å². The summed E-state index contributed by atoms with van der Waals surface area (Å²) in [4.78, 5) is 20.5. The van der Waals surface area contributed by atoms with Crippen LogP contribution in [0.1, 0.15) is 6.42 Å². The summed E-state index contributed by atoms with van der Waals surface area (Å²) in [5, 5.41) is 14.4. The van der Waals surface area contributed by atoms with Crippen LogP contribution in [0.5, 0.6) is 0 Å². The van der Waals surface area contributed by atoms with Crippen LogP contribution in [0.3, 0.4) is 0 Å². The predicted octanol–water partition coefficient (Wildman–Crippen LogP) is 0.337. The Morgan fingerprint density at radius 1 is 1.33 bits per heavy atom. The smallest absolute Gasteiger partial charge is 0.322 e. The quantitative estimate of drug-likeness (QED) is 0.575. The molecule has 100 valence electrons. The average molecular weight is 253 g/mol. The Kier molecular flexibility index (Phi) is 5.86. The number of nitrogens with one attached hydrogen (secondary N) is 2. The first kappa shape index (κ1) is 14.2. The Labute approximate surface area is 106 Å². The summed E-state index contributed by atoms with van der Waals surface area (Å²) in [6.07, 6.45) is 2.41. The number of aliphatic carboxylic acids is 1. The summed E-state index contributed by atoms with van der Waals surface area (Å²) in [7, 11) is 4.05.